The molecule has 0 unspecified atom stereocenters. The molecule has 198 valence electrons. The molecule has 4 aromatic carbocycles. The van der Waals surface area contributed by atoms with Gasteiger partial charge in [0.2, 0.25) is 0 Å². The van der Waals surface area contributed by atoms with Crippen LogP contribution in [0.4, 0.5) is 32.0 Å². The Kier molecular flexibility index (Phi) is 6.83. The summed E-state index contributed by atoms with van der Waals surface area (Å²) in [4.78, 5) is 11.9. The Morgan fingerprint density at radius 2 is 1.45 bits per heavy atom. The standard InChI is InChI=1S/C25H14ClF6NO4S/c26-20-11-15(38(36,37)25(30,31)32)9-10-21(20)33-23(35)19-12-18(16-3-1-2-4-17(16)22(19)34)13-5-7-14(8-6-13)24(27,28)29/h1-12,34H,(H,33,35). The average Bonchev–Trinajstić information content (AvgIpc) is 2.84. The second-order valence-corrected chi connectivity index (χ2v) is 10.3. The van der Waals surface area contributed by atoms with Crippen molar-refractivity contribution in [2.75, 3.05) is 5.32 Å². The predicted octanol–water partition coefficient (Wildman–Crippen LogP) is 7.43. The van der Waals surface area contributed by atoms with Gasteiger partial charge in [-0.05, 0) is 52.9 Å². The Balaban J connectivity index is 1.76. The molecule has 2 N–H and O–H groups in total. The summed E-state index contributed by atoms with van der Waals surface area (Å²) < 4.78 is 101. The van der Waals surface area contributed by atoms with Gasteiger partial charge in [-0.25, -0.2) is 8.42 Å². The highest BCUT2D eigenvalue weighted by Crippen LogP contribution is 2.39. The highest BCUT2D eigenvalue weighted by molar-refractivity contribution is 7.92. The number of anilines is 1. The number of fused-ring (bicyclic) bond motifs is 1. The van der Waals surface area contributed by atoms with Crippen LogP contribution in [0.1, 0.15) is 15.9 Å². The zero-order valence-electron chi connectivity index (χ0n) is 18.7. The highest BCUT2D eigenvalue weighted by atomic mass is 35.5. The van der Waals surface area contributed by atoms with Crippen molar-refractivity contribution >= 4 is 43.8 Å². The number of rotatable bonds is 4. The van der Waals surface area contributed by atoms with E-state index in [1.165, 1.54) is 24.3 Å². The number of phenols is 1. The maximum absolute atomic E-state index is 13.1. The monoisotopic (exact) mass is 573 g/mol. The van der Waals surface area contributed by atoms with Gasteiger partial charge in [-0.1, -0.05) is 48.0 Å². The first-order chi connectivity index (χ1) is 17.6. The topological polar surface area (TPSA) is 83.5 Å². The van der Waals surface area contributed by atoms with E-state index in [-0.39, 0.29) is 16.6 Å². The van der Waals surface area contributed by atoms with Crippen LogP contribution in [0.3, 0.4) is 0 Å². The first-order valence-corrected chi connectivity index (χ1v) is 12.3. The summed E-state index contributed by atoms with van der Waals surface area (Å²) in [5.74, 6) is -1.43. The molecule has 0 aliphatic heterocycles. The minimum absolute atomic E-state index is 0.202. The molecule has 4 rings (SSSR count). The lowest BCUT2D eigenvalue weighted by molar-refractivity contribution is -0.137. The number of sulfone groups is 1. The molecule has 0 saturated carbocycles. The third-order valence-corrected chi connectivity index (χ3v) is 7.38. The van der Waals surface area contributed by atoms with Crippen LogP contribution in [-0.4, -0.2) is 24.9 Å². The van der Waals surface area contributed by atoms with Crippen LogP contribution in [-0.2, 0) is 16.0 Å². The van der Waals surface area contributed by atoms with E-state index >= 15 is 0 Å². The highest BCUT2D eigenvalue weighted by Gasteiger charge is 2.47. The van der Waals surface area contributed by atoms with Gasteiger partial charge in [-0.2, -0.15) is 26.3 Å². The zero-order chi connectivity index (χ0) is 28.0. The third kappa shape index (κ3) is 5.01. The second kappa shape index (κ2) is 9.52. The molecule has 13 heteroatoms. The number of carbonyl (C=O) groups excluding carboxylic acids is 1. The van der Waals surface area contributed by atoms with Gasteiger partial charge in [0.15, 0.2) is 0 Å². The minimum Gasteiger partial charge on any atom is -0.506 e. The lowest BCUT2D eigenvalue weighted by Crippen LogP contribution is -2.23. The quantitative estimate of drug-likeness (QED) is 0.249. The lowest BCUT2D eigenvalue weighted by atomic mass is 9.93. The largest absolute Gasteiger partial charge is 0.506 e. The molecule has 0 atom stereocenters. The number of nitrogens with one attached hydrogen (secondary N) is 1. The van der Waals surface area contributed by atoms with Crippen LogP contribution in [0.25, 0.3) is 21.9 Å². The number of hydrogen-bond donors (Lipinski definition) is 2. The molecule has 0 bridgehead atoms. The fourth-order valence-electron chi connectivity index (χ4n) is 3.70. The predicted molar refractivity (Wildman–Crippen MR) is 129 cm³/mol. The summed E-state index contributed by atoms with van der Waals surface area (Å²) in [7, 11) is -5.68. The number of benzene rings is 4. The van der Waals surface area contributed by atoms with E-state index in [0.717, 1.165) is 18.2 Å². The van der Waals surface area contributed by atoms with Crippen molar-refractivity contribution in [1.29, 1.82) is 0 Å². The van der Waals surface area contributed by atoms with E-state index in [4.69, 9.17) is 11.6 Å². The van der Waals surface area contributed by atoms with Gasteiger partial charge >= 0.3 is 11.7 Å². The van der Waals surface area contributed by atoms with Crippen molar-refractivity contribution in [3.63, 3.8) is 0 Å². The van der Waals surface area contributed by atoms with Gasteiger partial charge in [-0.3, -0.25) is 4.79 Å². The smallest absolute Gasteiger partial charge is 0.501 e. The molecule has 0 heterocycles. The summed E-state index contributed by atoms with van der Waals surface area (Å²) in [5.41, 5.74) is -6.39. The fourth-order valence-corrected chi connectivity index (χ4v) is 4.78. The minimum atomic E-state index is -5.68. The molecule has 38 heavy (non-hydrogen) atoms. The maximum Gasteiger partial charge on any atom is 0.501 e. The summed E-state index contributed by atoms with van der Waals surface area (Å²) in [6, 6.07) is 13.7. The Hall–Kier alpha value is -3.77. The molecule has 0 saturated heterocycles. The Morgan fingerprint density at radius 1 is 0.842 bits per heavy atom. The molecule has 4 aromatic rings. The van der Waals surface area contributed by atoms with Gasteiger partial charge < -0.3 is 10.4 Å². The zero-order valence-corrected chi connectivity index (χ0v) is 20.2. The summed E-state index contributed by atoms with van der Waals surface area (Å²) in [5, 5.41) is 13.2. The molecular weight excluding hydrogens is 560 g/mol. The van der Waals surface area contributed by atoms with Crippen molar-refractivity contribution in [3.05, 3.63) is 88.9 Å². The number of carbonyl (C=O) groups is 1. The molecule has 0 aliphatic carbocycles. The van der Waals surface area contributed by atoms with Crippen molar-refractivity contribution in [2.24, 2.45) is 0 Å². The number of hydrogen-bond acceptors (Lipinski definition) is 4. The molecule has 0 aliphatic rings. The van der Waals surface area contributed by atoms with Gasteiger partial charge in [-0.15, -0.1) is 0 Å². The van der Waals surface area contributed by atoms with Crippen LogP contribution in [0.2, 0.25) is 5.02 Å². The molecule has 1 amide bonds. The third-order valence-electron chi connectivity index (χ3n) is 5.59. The number of phenolic OH excluding ortho intramolecular Hbond substituents is 1. The van der Waals surface area contributed by atoms with Crippen LogP contribution in [0, 0.1) is 0 Å². The van der Waals surface area contributed by atoms with Gasteiger partial charge in [0.05, 0.1) is 26.7 Å². The van der Waals surface area contributed by atoms with E-state index < -0.39 is 48.7 Å². The first kappa shape index (κ1) is 27.3. The van der Waals surface area contributed by atoms with E-state index in [1.54, 1.807) is 18.2 Å². The van der Waals surface area contributed by atoms with E-state index in [1.807, 2.05) is 0 Å². The van der Waals surface area contributed by atoms with E-state index in [9.17, 15) is 44.7 Å². The normalized spacial score (nSPS) is 12.5. The van der Waals surface area contributed by atoms with Crippen molar-refractivity contribution in [2.45, 2.75) is 16.6 Å². The lowest BCUT2D eigenvalue weighted by Gasteiger charge is -2.15. The van der Waals surface area contributed by atoms with Gasteiger partial charge in [0.25, 0.3) is 15.7 Å². The number of alkyl halides is 6. The van der Waals surface area contributed by atoms with Gasteiger partial charge in [0, 0.05) is 5.39 Å². The van der Waals surface area contributed by atoms with Crippen LogP contribution in [0.5, 0.6) is 5.75 Å². The molecule has 0 aromatic heterocycles. The van der Waals surface area contributed by atoms with Crippen molar-refractivity contribution in [1.82, 2.24) is 0 Å². The number of aromatic hydroxyl groups is 1. The Bertz CT molecular complexity index is 1670. The maximum atomic E-state index is 13.1. The van der Waals surface area contributed by atoms with Crippen LogP contribution in [0.15, 0.2) is 77.7 Å². The van der Waals surface area contributed by atoms with Gasteiger partial charge in [0.1, 0.15) is 5.75 Å². The molecular formula is C25H14ClF6NO4S. The van der Waals surface area contributed by atoms with Crippen molar-refractivity contribution in [3.8, 4) is 16.9 Å². The number of amides is 1. The van der Waals surface area contributed by atoms with Crippen LogP contribution >= 0.6 is 11.6 Å². The summed E-state index contributed by atoms with van der Waals surface area (Å²) in [6.45, 7) is 0. The number of halogens is 7. The summed E-state index contributed by atoms with van der Waals surface area (Å²) >= 11 is 5.93. The molecule has 0 radical (unpaired) electrons. The second-order valence-electron chi connectivity index (χ2n) is 7.99. The van der Waals surface area contributed by atoms with E-state index in [2.05, 4.69) is 5.32 Å². The Morgan fingerprint density at radius 3 is 2.00 bits per heavy atom. The van der Waals surface area contributed by atoms with Crippen molar-refractivity contribution < 1.29 is 44.7 Å². The molecule has 0 fully saturated rings. The molecule has 0 spiro atoms. The SMILES string of the molecule is O=C(Nc1ccc(S(=O)(=O)C(F)(F)F)cc1Cl)c1cc(-c2ccc(C(F)(F)F)cc2)c2ccccc2c1O. The summed E-state index contributed by atoms with van der Waals surface area (Å²) in [6.07, 6.45) is -4.56. The molecule has 5 nitrogen and oxygen atoms in total. The Labute approximate surface area is 216 Å². The fraction of sp³-hybridized carbons (Fsp3) is 0.0800. The van der Waals surface area contributed by atoms with Crippen LogP contribution < -0.4 is 5.32 Å². The average molecular weight is 574 g/mol. The van der Waals surface area contributed by atoms with E-state index in [0.29, 0.717) is 28.6 Å². The first-order valence-electron chi connectivity index (χ1n) is 10.5.